The number of thioether (sulfide) groups is 1. The van der Waals surface area contributed by atoms with Gasteiger partial charge >= 0.3 is 6.55 Å². The molecular formula is C12H14F2N2O2S2. The average Bonchev–Trinajstić information content (AvgIpc) is 2.76. The second kappa shape index (κ2) is 6.09. The number of halogens is 2. The molecule has 0 N–H and O–H groups in total. The fraction of sp³-hybridized carbons (Fsp3) is 0.417. The molecule has 8 heteroatoms. The highest BCUT2D eigenvalue weighted by atomic mass is 32.2. The maximum atomic E-state index is 13.1. The Labute approximate surface area is 120 Å². The van der Waals surface area contributed by atoms with Gasteiger partial charge in [-0.2, -0.15) is 8.78 Å². The summed E-state index contributed by atoms with van der Waals surface area (Å²) in [7, 11) is -3.10. The van der Waals surface area contributed by atoms with Crippen LogP contribution >= 0.6 is 11.8 Å². The van der Waals surface area contributed by atoms with Gasteiger partial charge in [-0.05, 0) is 12.1 Å². The zero-order valence-corrected chi connectivity index (χ0v) is 12.4. The normalized spacial score (nSPS) is 12.4. The smallest absolute Gasteiger partial charge is 0.261 e. The summed E-state index contributed by atoms with van der Waals surface area (Å²) in [6.45, 7) is -1.14. The fourth-order valence-electron chi connectivity index (χ4n) is 1.72. The molecule has 4 nitrogen and oxygen atoms in total. The highest BCUT2D eigenvalue weighted by molar-refractivity contribution is 8.00. The highest BCUT2D eigenvalue weighted by Gasteiger charge is 2.18. The minimum Gasteiger partial charge on any atom is -0.261 e. The largest absolute Gasteiger partial charge is 0.321 e. The topological polar surface area (TPSA) is 52.0 Å². The molecule has 0 aliphatic carbocycles. The molecule has 0 radical (unpaired) electrons. The first kappa shape index (κ1) is 15.2. The Hall–Kier alpha value is -1.15. The van der Waals surface area contributed by atoms with Crippen LogP contribution in [0.4, 0.5) is 8.78 Å². The second-order valence-electron chi connectivity index (χ2n) is 4.12. The van der Waals surface area contributed by atoms with Gasteiger partial charge in [-0.1, -0.05) is 30.8 Å². The van der Waals surface area contributed by atoms with Gasteiger partial charge in [0.15, 0.2) is 15.0 Å². The lowest BCUT2D eigenvalue weighted by Crippen LogP contribution is -2.11. The van der Waals surface area contributed by atoms with Crippen molar-refractivity contribution in [3.8, 4) is 0 Å². The van der Waals surface area contributed by atoms with E-state index in [1.165, 1.54) is 0 Å². The Morgan fingerprint density at radius 3 is 2.70 bits per heavy atom. The fourth-order valence-corrected chi connectivity index (χ4v) is 4.02. The molecule has 0 amide bonds. The Morgan fingerprint density at radius 2 is 2.05 bits per heavy atom. The summed E-state index contributed by atoms with van der Waals surface area (Å²) in [5.41, 5.74) is 0.831. The Morgan fingerprint density at radius 1 is 1.35 bits per heavy atom. The number of aromatic nitrogens is 2. The molecule has 0 aliphatic heterocycles. The molecule has 1 aromatic carbocycles. The van der Waals surface area contributed by atoms with E-state index in [0.29, 0.717) is 11.0 Å². The van der Waals surface area contributed by atoms with Crippen LogP contribution in [0.25, 0.3) is 11.0 Å². The van der Waals surface area contributed by atoms with Crippen molar-refractivity contribution in [2.75, 3.05) is 17.3 Å². The van der Waals surface area contributed by atoms with Crippen molar-refractivity contribution in [3.63, 3.8) is 0 Å². The summed E-state index contributed by atoms with van der Waals surface area (Å²) in [5.74, 6) is 0.228. The number of fused-ring (bicyclic) bond motifs is 1. The zero-order chi connectivity index (χ0) is 14.8. The zero-order valence-electron chi connectivity index (χ0n) is 10.8. The van der Waals surface area contributed by atoms with Gasteiger partial charge in [0.1, 0.15) is 0 Å². The molecule has 2 aromatic rings. The summed E-state index contributed by atoms with van der Waals surface area (Å²) >= 11 is 1.04. The quantitative estimate of drug-likeness (QED) is 0.768. The predicted molar refractivity (Wildman–Crippen MR) is 76.0 cm³/mol. The van der Waals surface area contributed by atoms with Crippen molar-refractivity contribution < 1.29 is 17.2 Å². The van der Waals surface area contributed by atoms with Crippen LogP contribution in [0.3, 0.4) is 0 Å². The first-order valence-corrected chi connectivity index (χ1v) is 8.83. The number of benzene rings is 1. The van der Waals surface area contributed by atoms with E-state index in [1.807, 2.05) is 0 Å². The summed E-state index contributed by atoms with van der Waals surface area (Å²) < 4.78 is 49.8. The Bertz CT molecular complexity index is 699. The molecule has 1 aromatic heterocycles. The number of hydrogen-bond acceptors (Lipinski definition) is 4. The molecule has 0 atom stereocenters. The van der Waals surface area contributed by atoms with Crippen molar-refractivity contribution in [3.05, 3.63) is 24.3 Å². The number of para-hydroxylation sites is 2. The van der Waals surface area contributed by atoms with Gasteiger partial charge in [-0.15, -0.1) is 0 Å². The minimum absolute atomic E-state index is 0.0411. The first-order chi connectivity index (χ1) is 9.44. The van der Waals surface area contributed by atoms with Crippen molar-refractivity contribution in [2.45, 2.75) is 18.6 Å². The van der Waals surface area contributed by atoms with Crippen molar-refractivity contribution in [1.82, 2.24) is 9.55 Å². The van der Waals surface area contributed by atoms with Crippen LogP contribution in [0.2, 0.25) is 0 Å². The maximum absolute atomic E-state index is 13.1. The minimum atomic E-state index is -3.10. The average molecular weight is 320 g/mol. The van der Waals surface area contributed by atoms with Crippen LogP contribution in [0.15, 0.2) is 29.4 Å². The summed E-state index contributed by atoms with van der Waals surface area (Å²) in [5, 5.41) is 0.146. The van der Waals surface area contributed by atoms with Crippen LogP contribution in [0, 0.1) is 0 Å². The lowest BCUT2D eigenvalue weighted by atomic mass is 10.3. The van der Waals surface area contributed by atoms with Crippen molar-refractivity contribution in [2.24, 2.45) is 0 Å². The van der Waals surface area contributed by atoms with E-state index in [2.05, 4.69) is 4.98 Å². The molecule has 110 valence electrons. The summed E-state index contributed by atoms with van der Waals surface area (Å²) in [6, 6.07) is 6.61. The molecule has 0 fully saturated rings. The molecule has 0 unspecified atom stereocenters. The van der Waals surface area contributed by atoms with Gasteiger partial charge in [0, 0.05) is 11.5 Å². The van der Waals surface area contributed by atoms with E-state index in [1.54, 1.807) is 31.2 Å². The van der Waals surface area contributed by atoms with Crippen LogP contribution in [-0.4, -0.2) is 35.2 Å². The van der Waals surface area contributed by atoms with Gasteiger partial charge in [-0.3, -0.25) is 4.57 Å². The third kappa shape index (κ3) is 3.29. The SMILES string of the molecule is CCS(=O)(=O)CCSc1nc2ccccc2n1C(F)F. The molecule has 0 saturated carbocycles. The number of hydrogen-bond donors (Lipinski definition) is 0. The second-order valence-corrected chi connectivity index (χ2v) is 7.65. The molecular weight excluding hydrogens is 306 g/mol. The third-order valence-corrected chi connectivity index (χ3v) is 5.74. The van der Waals surface area contributed by atoms with Gasteiger partial charge in [0.2, 0.25) is 0 Å². The molecule has 20 heavy (non-hydrogen) atoms. The molecule has 0 saturated heterocycles. The van der Waals surface area contributed by atoms with Gasteiger partial charge in [0.05, 0.1) is 16.8 Å². The molecule has 0 spiro atoms. The lowest BCUT2D eigenvalue weighted by molar-refractivity contribution is 0.0656. The maximum Gasteiger partial charge on any atom is 0.321 e. The van der Waals surface area contributed by atoms with Crippen LogP contribution in [0.1, 0.15) is 13.5 Å². The van der Waals surface area contributed by atoms with Gasteiger partial charge in [0.25, 0.3) is 0 Å². The monoisotopic (exact) mass is 320 g/mol. The van der Waals surface area contributed by atoms with E-state index in [9.17, 15) is 17.2 Å². The molecule has 0 aliphatic rings. The van der Waals surface area contributed by atoms with E-state index < -0.39 is 16.4 Å². The first-order valence-electron chi connectivity index (χ1n) is 6.03. The Balaban J connectivity index is 2.23. The molecule has 1 heterocycles. The predicted octanol–water partition coefficient (Wildman–Crippen LogP) is 2.96. The number of imidazole rings is 1. The van der Waals surface area contributed by atoms with Crippen LogP contribution in [-0.2, 0) is 9.84 Å². The van der Waals surface area contributed by atoms with E-state index >= 15 is 0 Å². The van der Waals surface area contributed by atoms with Crippen molar-refractivity contribution in [1.29, 1.82) is 0 Å². The number of sulfone groups is 1. The highest BCUT2D eigenvalue weighted by Crippen LogP contribution is 2.29. The van der Waals surface area contributed by atoms with Crippen molar-refractivity contribution >= 4 is 32.6 Å². The van der Waals surface area contributed by atoms with Crippen LogP contribution < -0.4 is 0 Å². The molecule has 0 bridgehead atoms. The summed E-state index contributed by atoms with van der Waals surface area (Å²) in [6.07, 6.45) is 0. The standard InChI is InChI=1S/C12H14F2N2O2S2/c1-2-20(17,18)8-7-19-12-15-9-5-3-4-6-10(9)16(12)11(13)14/h3-6,11H,2,7-8H2,1H3. The number of rotatable bonds is 6. The number of alkyl halides is 2. The van der Waals surface area contributed by atoms with Crippen LogP contribution in [0.5, 0.6) is 0 Å². The number of nitrogens with zero attached hydrogens (tertiary/aromatic N) is 2. The third-order valence-electron chi connectivity index (χ3n) is 2.82. The van der Waals surface area contributed by atoms with Gasteiger partial charge in [-0.25, -0.2) is 13.4 Å². The van der Waals surface area contributed by atoms with E-state index in [-0.39, 0.29) is 22.4 Å². The Kier molecular flexibility index (Phi) is 4.64. The van der Waals surface area contributed by atoms with E-state index in [4.69, 9.17) is 0 Å². The lowest BCUT2D eigenvalue weighted by Gasteiger charge is -2.07. The van der Waals surface area contributed by atoms with Gasteiger partial charge < -0.3 is 0 Å². The van der Waals surface area contributed by atoms with E-state index in [0.717, 1.165) is 16.3 Å². The summed E-state index contributed by atoms with van der Waals surface area (Å²) in [4.78, 5) is 4.13. The molecule has 2 rings (SSSR count).